The standard InChI is InChI=1S/C12H17ClN2O/c1-9-4-2-3-5-11(9)16-12-8-14-7-10(6-13)15-12/h7-9,11H,2-6H2,1H3. The Morgan fingerprint density at radius 1 is 1.38 bits per heavy atom. The van der Waals surface area contributed by atoms with E-state index < -0.39 is 0 Å². The first-order valence-electron chi connectivity index (χ1n) is 5.83. The van der Waals surface area contributed by atoms with E-state index in [1.54, 1.807) is 12.4 Å². The lowest BCUT2D eigenvalue weighted by atomic mass is 9.88. The molecule has 0 saturated heterocycles. The zero-order valence-electron chi connectivity index (χ0n) is 9.53. The van der Waals surface area contributed by atoms with Gasteiger partial charge in [-0.15, -0.1) is 11.6 Å². The molecule has 0 amide bonds. The topological polar surface area (TPSA) is 35.0 Å². The molecule has 1 aliphatic carbocycles. The van der Waals surface area contributed by atoms with Crippen LogP contribution in [0.2, 0.25) is 0 Å². The summed E-state index contributed by atoms with van der Waals surface area (Å²) < 4.78 is 5.88. The van der Waals surface area contributed by atoms with Crippen molar-refractivity contribution in [2.45, 2.75) is 44.6 Å². The first-order chi connectivity index (χ1) is 7.79. The van der Waals surface area contributed by atoms with Crippen LogP contribution in [0.1, 0.15) is 38.3 Å². The SMILES string of the molecule is CC1CCCCC1Oc1cncc(CCl)n1. The highest BCUT2D eigenvalue weighted by molar-refractivity contribution is 6.16. The van der Waals surface area contributed by atoms with Gasteiger partial charge in [-0.1, -0.05) is 13.3 Å². The van der Waals surface area contributed by atoms with Crippen molar-refractivity contribution in [2.24, 2.45) is 5.92 Å². The van der Waals surface area contributed by atoms with Crippen molar-refractivity contribution in [2.75, 3.05) is 0 Å². The van der Waals surface area contributed by atoms with E-state index >= 15 is 0 Å². The molecule has 0 spiro atoms. The van der Waals surface area contributed by atoms with Crippen LogP contribution in [0.15, 0.2) is 12.4 Å². The largest absolute Gasteiger partial charge is 0.473 e. The van der Waals surface area contributed by atoms with Crippen LogP contribution in [-0.4, -0.2) is 16.1 Å². The number of aromatic nitrogens is 2. The molecule has 2 unspecified atom stereocenters. The summed E-state index contributed by atoms with van der Waals surface area (Å²) in [6.07, 6.45) is 8.54. The van der Waals surface area contributed by atoms with Gasteiger partial charge in [-0.05, 0) is 25.2 Å². The maximum Gasteiger partial charge on any atom is 0.232 e. The molecule has 1 fully saturated rings. The summed E-state index contributed by atoms with van der Waals surface area (Å²) in [4.78, 5) is 8.38. The molecule has 0 N–H and O–H groups in total. The van der Waals surface area contributed by atoms with Gasteiger partial charge in [0.1, 0.15) is 6.10 Å². The van der Waals surface area contributed by atoms with Gasteiger partial charge in [0, 0.05) is 6.20 Å². The molecular weight excluding hydrogens is 224 g/mol. The Labute approximate surface area is 101 Å². The molecule has 1 aromatic heterocycles. The first-order valence-corrected chi connectivity index (χ1v) is 6.36. The van der Waals surface area contributed by atoms with E-state index in [0.717, 1.165) is 12.1 Å². The monoisotopic (exact) mass is 240 g/mol. The second-order valence-electron chi connectivity index (χ2n) is 4.40. The Kier molecular flexibility index (Phi) is 3.99. The Morgan fingerprint density at radius 3 is 2.94 bits per heavy atom. The summed E-state index contributed by atoms with van der Waals surface area (Å²) in [6, 6.07) is 0. The van der Waals surface area contributed by atoms with Crippen LogP contribution in [0, 0.1) is 5.92 Å². The Hall–Kier alpha value is -0.830. The van der Waals surface area contributed by atoms with Crippen molar-refractivity contribution >= 4 is 11.6 Å². The van der Waals surface area contributed by atoms with E-state index in [2.05, 4.69) is 16.9 Å². The normalized spacial score (nSPS) is 25.4. The number of hydrogen-bond donors (Lipinski definition) is 0. The average Bonchev–Trinajstić information content (AvgIpc) is 2.32. The fourth-order valence-electron chi connectivity index (χ4n) is 2.12. The van der Waals surface area contributed by atoms with E-state index in [0.29, 0.717) is 17.7 Å². The Balaban J connectivity index is 2.01. The van der Waals surface area contributed by atoms with Crippen LogP contribution in [0.4, 0.5) is 0 Å². The molecule has 2 rings (SSSR count). The number of alkyl halides is 1. The molecule has 1 aliphatic rings. The quantitative estimate of drug-likeness (QED) is 0.762. The summed E-state index contributed by atoms with van der Waals surface area (Å²) >= 11 is 5.71. The van der Waals surface area contributed by atoms with Gasteiger partial charge < -0.3 is 4.74 Å². The lowest BCUT2D eigenvalue weighted by molar-refractivity contribution is 0.0969. The van der Waals surface area contributed by atoms with Crippen molar-refractivity contribution in [3.63, 3.8) is 0 Å². The second-order valence-corrected chi connectivity index (χ2v) is 4.67. The van der Waals surface area contributed by atoms with Gasteiger partial charge in [0.15, 0.2) is 0 Å². The minimum Gasteiger partial charge on any atom is -0.473 e. The van der Waals surface area contributed by atoms with Gasteiger partial charge in [-0.25, -0.2) is 4.98 Å². The van der Waals surface area contributed by atoms with E-state index in [1.165, 1.54) is 19.3 Å². The van der Waals surface area contributed by atoms with Crippen LogP contribution in [0.3, 0.4) is 0 Å². The maximum absolute atomic E-state index is 5.88. The maximum atomic E-state index is 5.88. The lowest BCUT2D eigenvalue weighted by Gasteiger charge is -2.28. The molecule has 0 radical (unpaired) electrons. The summed E-state index contributed by atoms with van der Waals surface area (Å²) in [7, 11) is 0. The van der Waals surface area contributed by atoms with E-state index in [-0.39, 0.29) is 6.10 Å². The molecule has 0 aromatic carbocycles. The molecule has 16 heavy (non-hydrogen) atoms. The molecule has 1 saturated carbocycles. The zero-order valence-corrected chi connectivity index (χ0v) is 10.3. The molecule has 2 atom stereocenters. The summed E-state index contributed by atoms with van der Waals surface area (Å²) in [5.74, 6) is 1.59. The molecule has 3 nitrogen and oxygen atoms in total. The first kappa shape index (κ1) is 11.6. The van der Waals surface area contributed by atoms with E-state index in [4.69, 9.17) is 16.3 Å². The molecular formula is C12H17ClN2O. The molecule has 1 aromatic rings. The van der Waals surface area contributed by atoms with E-state index in [1.807, 2.05) is 0 Å². The van der Waals surface area contributed by atoms with Crippen LogP contribution < -0.4 is 4.74 Å². The number of halogens is 1. The smallest absolute Gasteiger partial charge is 0.232 e. The fraction of sp³-hybridized carbons (Fsp3) is 0.667. The van der Waals surface area contributed by atoms with Gasteiger partial charge >= 0.3 is 0 Å². The number of hydrogen-bond acceptors (Lipinski definition) is 3. The summed E-state index contributed by atoms with van der Waals surface area (Å²) in [6.45, 7) is 2.24. The Bertz CT molecular complexity index is 346. The predicted molar refractivity (Wildman–Crippen MR) is 63.6 cm³/mol. The highest BCUT2D eigenvalue weighted by Gasteiger charge is 2.23. The van der Waals surface area contributed by atoms with Gasteiger partial charge in [-0.3, -0.25) is 4.98 Å². The van der Waals surface area contributed by atoms with Crippen molar-refractivity contribution < 1.29 is 4.74 Å². The fourth-order valence-corrected chi connectivity index (χ4v) is 2.25. The van der Waals surface area contributed by atoms with Crippen molar-refractivity contribution in [1.29, 1.82) is 0 Å². The minimum atomic E-state index is 0.286. The highest BCUT2D eigenvalue weighted by atomic mass is 35.5. The van der Waals surface area contributed by atoms with Crippen LogP contribution in [0.25, 0.3) is 0 Å². The molecule has 4 heteroatoms. The number of rotatable bonds is 3. The van der Waals surface area contributed by atoms with Crippen molar-refractivity contribution in [3.05, 3.63) is 18.1 Å². The van der Waals surface area contributed by atoms with Crippen LogP contribution in [0.5, 0.6) is 5.88 Å². The van der Waals surface area contributed by atoms with E-state index in [9.17, 15) is 0 Å². The third kappa shape index (κ3) is 2.85. The van der Waals surface area contributed by atoms with Crippen molar-refractivity contribution in [1.82, 2.24) is 9.97 Å². The number of nitrogens with zero attached hydrogens (tertiary/aromatic N) is 2. The van der Waals surface area contributed by atoms with Gasteiger partial charge in [0.05, 0.1) is 17.8 Å². The predicted octanol–water partition coefficient (Wildman–Crippen LogP) is 3.17. The van der Waals surface area contributed by atoms with Crippen molar-refractivity contribution in [3.8, 4) is 5.88 Å². The molecule has 1 heterocycles. The number of ether oxygens (including phenoxy) is 1. The second kappa shape index (κ2) is 5.48. The van der Waals surface area contributed by atoms with Gasteiger partial charge in [-0.2, -0.15) is 0 Å². The summed E-state index contributed by atoms with van der Waals surface area (Å²) in [5.41, 5.74) is 0.766. The van der Waals surface area contributed by atoms with Crippen LogP contribution in [-0.2, 0) is 5.88 Å². The molecule has 88 valence electrons. The Morgan fingerprint density at radius 2 is 2.19 bits per heavy atom. The van der Waals surface area contributed by atoms with Gasteiger partial charge in [0.25, 0.3) is 0 Å². The average molecular weight is 241 g/mol. The third-order valence-electron chi connectivity index (χ3n) is 3.10. The summed E-state index contributed by atoms with van der Waals surface area (Å²) in [5, 5.41) is 0. The van der Waals surface area contributed by atoms with Crippen LogP contribution >= 0.6 is 11.6 Å². The molecule has 0 bridgehead atoms. The minimum absolute atomic E-state index is 0.286. The highest BCUT2D eigenvalue weighted by Crippen LogP contribution is 2.27. The third-order valence-corrected chi connectivity index (χ3v) is 3.38. The zero-order chi connectivity index (χ0) is 11.4. The lowest BCUT2D eigenvalue weighted by Crippen LogP contribution is -2.28. The molecule has 0 aliphatic heterocycles. The van der Waals surface area contributed by atoms with Gasteiger partial charge in [0.2, 0.25) is 5.88 Å².